The third-order valence-corrected chi connectivity index (χ3v) is 4.60. The summed E-state index contributed by atoms with van der Waals surface area (Å²) in [6, 6.07) is -0.817. The third kappa shape index (κ3) is 5.16. The lowest BCUT2D eigenvalue weighted by atomic mass is 9.87. The van der Waals surface area contributed by atoms with Crippen molar-refractivity contribution in [3.05, 3.63) is 16.6 Å². The van der Waals surface area contributed by atoms with Crippen LogP contribution < -0.4 is 10.6 Å². The number of carbonyl (C=O) groups is 2. The Balaban J connectivity index is 0.00000264. The minimum Gasteiger partial charge on any atom is -0.480 e. The highest BCUT2D eigenvalue weighted by Gasteiger charge is 2.43. The molecule has 1 aromatic heterocycles. The molecule has 0 aromatic carbocycles. The van der Waals surface area contributed by atoms with Gasteiger partial charge in [0.2, 0.25) is 5.91 Å². The number of carboxylic acids is 1. The van der Waals surface area contributed by atoms with Crippen LogP contribution in [0.1, 0.15) is 45.2 Å². The molecule has 0 aliphatic carbocycles. The van der Waals surface area contributed by atoms with Gasteiger partial charge >= 0.3 is 5.97 Å². The van der Waals surface area contributed by atoms with Crippen molar-refractivity contribution in [2.24, 2.45) is 5.92 Å². The Morgan fingerprint density at radius 3 is 2.70 bits per heavy atom. The van der Waals surface area contributed by atoms with Gasteiger partial charge in [-0.05, 0) is 18.8 Å². The Labute approximate surface area is 146 Å². The number of amides is 1. The number of halogens is 1. The van der Waals surface area contributed by atoms with Gasteiger partial charge in [-0.2, -0.15) is 0 Å². The lowest BCUT2D eigenvalue weighted by Crippen LogP contribution is -2.51. The monoisotopic (exact) mass is 361 g/mol. The number of nitrogens with one attached hydrogen (secondary N) is 2. The summed E-state index contributed by atoms with van der Waals surface area (Å²) in [6.07, 6.45) is 1.29. The molecular formula is C15H24ClN3O3S. The minimum absolute atomic E-state index is 0. The third-order valence-electron chi connectivity index (χ3n) is 3.99. The SMILES string of the molecule is CC(=O)N[C@@H](CC(C)C)[C@@H]1N[C@@H](C(=O)O)C[C@H]1c1cscn1.Cl. The average molecular weight is 362 g/mol. The molecule has 0 spiro atoms. The number of hydrogen-bond donors (Lipinski definition) is 3. The highest BCUT2D eigenvalue weighted by molar-refractivity contribution is 7.07. The Morgan fingerprint density at radius 2 is 2.22 bits per heavy atom. The molecule has 130 valence electrons. The highest BCUT2D eigenvalue weighted by atomic mass is 35.5. The largest absolute Gasteiger partial charge is 0.480 e. The van der Waals surface area contributed by atoms with Gasteiger partial charge in [-0.15, -0.1) is 23.7 Å². The summed E-state index contributed by atoms with van der Waals surface area (Å²) in [5.74, 6) is -0.543. The lowest BCUT2D eigenvalue weighted by Gasteiger charge is -2.30. The van der Waals surface area contributed by atoms with Crippen molar-refractivity contribution in [1.29, 1.82) is 0 Å². The van der Waals surface area contributed by atoms with Gasteiger partial charge in [0.25, 0.3) is 0 Å². The van der Waals surface area contributed by atoms with Crippen LogP contribution in [-0.4, -0.2) is 40.1 Å². The highest BCUT2D eigenvalue weighted by Crippen LogP contribution is 2.34. The first-order chi connectivity index (χ1) is 10.4. The fourth-order valence-electron chi connectivity index (χ4n) is 3.16. The second kappa shape index (κ2) is 8.61. The maximum absolute atomic E-state index is 11.5. The number of carboxylic acid groups (broad SMARTS) is 1. The van der Waals surface area contributed by atoms with Crippen molar-refractivity contribution in [2.45, 2.75) is 57.7 Å². The second-order valence-electron chi connectivity index (χ2n) is 6.28. The lowest BCUT2D eigenvalue weighted by molar-refractivity contribution is -0.139. The molecule has 0 unspecified atom stereocenters. The van der Waals surface area contributed by atoms with Gasteiger partial charge in [0, 0.05) is 30.3 Å². The number of nitrogens with zero attached hydrogens (tertiary/aromatic N) is 1. The van der Waals surface area contributed by atoms with E-state index in [0.29, 0.717) is 12.3 Å². The standard InChI is InChI=1S/C15H23N3O3S.ClH/c1-8(2)4-11(17-9(3)19)14-10(13-6-22-7-16-13)5-12(18-14)15(20)21;/h6-8,10-12,14,18H,4-5H2,1-3H3,(H,17,19)(H,20,21);1H/t10-,11-,12+,14+;/m0./s1. The molecule has 1 saturated heterocycles. The summed E-state index contributed by atoms with van der Waals surface area (Å²) >= 11 is 1.50. The van der Waals surface area contributed by atoms with Crippen LogP contribution >= 0.6 is 23.7 Å². The first-order valence-electron chi connectivity index (χ1n) is 7.52. The number of thiazole rings is 1. The fraction of sp³-hybridized carbons (Fsp3) is 0.667. The second-order valence-corrected chi connectivity index (χ2v) is 6.99. The molecule has 0 saturated carbocycles. The maximum atomic E-state index is 11.5. The number of hydrogen-bond acceptors (Lipinski definition) is 5. The van der Waals surface area contributed by atoms with E-state index in [2.05, 4.69) is 29.5 Å². The van der Waals surface area contributed by atoms with Crippen molar-refractivity contribution in [1.82, 2.24) is 15.6 Å². The predicted octanol–water partition coefficient (Wildman–Crippen LogP) is 2.01. The van der Waals surface area contributed by atoms with E-state index in [1.807, 2.05) is 5.38 Å². The van der Waals surface area contributed by atoms with E-state index in [4.69, 9.17) is 0 Å². The summed E-state index contributed by atoms with van der Waals surface area (Å²) in [5.41, 5.74) is 2.67. The molecule has 1 aliphatic heterocycles. The topological polar surface area (TPSA) is 91.3 Å². The zero-order chi connectivity index (χ0) is 16.3. The van der Waals surface area contributed by atoms with Crippen LogP contribution in [0.15, 0.2) is 10.9 Å². The van der Waals surface area contributed by atoms with Crippen LogP contribution in [0.3, 0.4) is 0 Å². The van der Waals surface area contributed by atoms with Crippen LogP contribution in [0.2, 0.25) is 0 Å². The number of rotatable bonds is 6. The van der Waals surface area contributed by atoms with E-state index in [9.17, 15) is 14.7 Å². The zero-order valence-corrected chi connectivity index (χ0v) is 15.1. The van der Waals surface area contributed by atoms with E-state index in [1.54, 1.807) is 5.51 Å². The Kier molecular flexibility index (Phi) is 7.44. The average Bonchev–Trinajstić information content (AvgIpc) is 3.06. The van der Waals surface area contributed by atoms with Crippen LogP contribution in [0.25, 0.3) is 0 Å². The first kappa shape index (κ1) is 19.9. The number of aliphatic carboxylic acids is 1. The zero-order valence-electron chi connectivity index (χ0n) is 13.5. The van der Waals surface area contributed by atoms with Gasteiger partial charge in [-0.25, -0.2) is 4.98 Å². The van der Waals surface area contributed by atoms with Crippen LogP contribution in [0, 0.1) is 5.92 Å². The van der Waals surface area contributed by atoms with Gasteiger partial charge in [-0.1, -0.05) is 13.8 Å². The molecule has 1 fully saturated rings. The van der Waals surface area contributed by atoms with Crippen LogP contribution in [0.5, 0.6) is 0 Å². The number of carbonyl (C=O) groups excluding carboxylic acids is 1. The molecule has 2 heterocycles. The van der Waals surface area contributed by atoms with Gasteiger partial charge in [0.15, 0.2) is 0 Å². The van der Waals surface area contributed by atoms with Crippen molar-refractivity contribution in [2.75, 3.05) is 0 Å². The van der Waals surface area contributed by atoms with E-state index < -0.39 is 12.0 Å². The summed E-state index contributed by atoms with van der Waals surface area (Å²) in [7, 11) is 0. The molecule has 8 heteroatoms. The molecule has 4 atom stereocenters. The van der Waals surface area contributed by atoms with Gasteiger partial charge < -0.3 is 10.4 Å². The van der Waals surface area contributed by atoms with Gasteiger partial charge in [0.05, 0.1) is 11.2 Å². The van der Waals surface area contributed by atoms with Gasteiger partial charge in [0.1, 0.15) is 6.04 Å². The van der Waals surface area contributed by atoms with Crippen molar-refractivity contribution in [3.8, 4) is 0 Å². The van der Waals surface area contributed by atoms with Crippen LogP contribution in [0.4, 0.5) is 0 Å². The minimum atomic E-state index is -0.853. The Bertz CT molecular complexity index is 524. The van der Waals surface area contributed by atoms with E-state index in [-0.39, 0.29) is 36.3 Å². The van der Waals surface area contributed by atoms with Gasteiger partial charge in [-0.3, -0.25) is 14.9 Å². The molecule has 2 rings (SSSR count). The Morgan fingerprint density at radius 1 is 1.52 bits per heavy atom. The maximum Gasteiger partial charge on any atom is 0.320 e. The van der Waals surface area contributed by atoms with Crippen LogP contribution in [-0.2, 0) is 9.59 Å². The molecule has 1 amide bonds. The first-order valence-corrected chi connectivity index (χ1v) is 8.46. The molecular weight excluding hydrogens is 338 g/mol. The Hall–Kier alpha value is -1.18. The van der Waals surface area contributed by atoms with Crippen molar-refractivity contribution < 1.29 is 14.7 Å². The quantitative estimate of drug-likeness (QED) is 0.721. The normalized spacial score (nSPS) is 25.0. The smallest absolute Gasteiger partial charge is 0.320 e. The van der Waals surface area contributed by atoms with Crippen molar-refractivity contribution in [3.63, 3.8) is 0 Å². The summed E-state index contributed by atoms with van der Waals surface area (Å²) < 4.78 is 0. The predicted molar refractivity (Wildman–Crippen MR) is 92.1 cm³/mol. The van der Waals surface area contributed by atoms with Crippen molar-refractivity contribution >= 4 is 35.6 Å². The molecule has 23 heavy (non-hydrogen) atoms. The van der Waals surface area contributed by atoms with E-state index in [1.165, 1.54) is 18.3 Å². The van der Waals surface area contributed by atoms with E-state index >= 15 is 0 Å². The molecule has 1 aromatic rings. The summed E-state index contributed by atoms with van der Waals surface area (Å²) in [6.45, 7) is 5.68. The van der Waals surface area contributed by atoms with E-state index in [0.717, 1.165) is 12.1 Å². The molecule has 0 radical (unpaired) electrons. The summed E-state index contributed by atoms with van der Waals surface area (Å²) in [5, 5.41) is 17.5. The molecule has 0 bridgehead atoms. The fourth-order valence-corrected chi connectivity index (χ4v) is 3.78. The summed E-state index contributed by atoms with van der Waals surface area (Å²) in [4.78, 5) is 27.2. The molecule has 6 nitrogen and oxygen atoms in total. The molecule has 3 N–H and O–H groups in total. The molecule has 1 aliphatic rings. The number of aromatic nitrogens is 1.